The molecule has 0 radical (unpaired) electrons. The molecule has 0 unspecified atom stereocenters. The van der Waals surface area contributed by atoms with E-state index in [4.69, 9.17) is 14.2 Å². The molecule has 0 bridgehead atoms. The molecule has 0 saturated heterocycles. The zero-order valence-electron chi connectivity index (χ0n) is 13.3. The first-order valence-electron chi connectivity index (χ1n) is 6.74. The minimum atomic E-state index is -0.862. The van der Waals surface area contributed by atoms with Gasteiger partial charge in [-0.25, -0.2) is 4.79 Å². The van der Waals surface area contributed by atoms with Crippen molar-refractivity contribution >= 4 is 27.8 Å². The van der Waals surface area contributed by atoms with Crippen molar-refractivity contribution in [3.05, 3.63) is 22.2 Å². The van der Waals surface area contributed by atoms with E-state index in [0.29, 0.717) is 22.6 Å². The number of rotatable bonds is 6. The lowest BCUT2D eigenvalue weighted by Crippen LogP contribution is -2.34. The first-order valence-corrected chi connectivity index (χ1v) is 7.53. The SMILES string of the molecule is CCOc1c(Br)cc(C(=O)O[C@@H](C)C(=O)N(C)C)cc1OC. The standard InChI is InChI=1S/C15H20BrNO5/c1-6-21-13-11(16)7-10(8-12(13)20-5)15(19)22-9(2)14(18)17(3)4/h7-9H,6H2,1-5H3/t9-/m0/s1. The van der Waals surface area contributed by atoms with Crippen LogP contribution in [0.2, 0.25) is 0 Å². The van der Waals surface area contributed by atoms with E-state index >= 15 is 0 Å². The van der Waals surface area contributed by atoms with E-state index < -0.39 is 12.1 Å². The van der Waals surface area contributed by atoms with Crippen molar-refractivity contribution in [2.24, 2.45) is 0 Å². The second-order valence-corrected chi connectivity index (χ2v) is 5.56. The Morgan fingerprint density at radius 1 is 1.32 bits per heavy atom. The van der Waals surface area contributed by atoms with Crippen LogP contribution in [0.25, 0.3) is 0 Å². The van der Waals surface area contributed by atoms with E-state index in [2.05, 4.69) is 15.9 Å². The number of amides is 1. The van der Waals surface area contributed by atoms with Crippen LogP contribution in [-0.2, 0) is 9.53 Å². The molecule has 1 amide bonds. The molecule has 0 spiro atoms. The van der Waals surface area contributed by atoms with Crippen molar-refractivity contribution in [1.82, 2.24) is 4.90 Å². The van der Waals surface area contributed by atoms with Gasteiger partial charge in [-0.1, -0.05) is 0 Å². The maximum atomic E-state index is 12.2. The summed E-state index contributed by atoms with van der Waals surface area (Å²) < 4.78 is 16.4. The highest BCUT2D eigenvalue weighted by atomic mass is 79.9. The fraction of sp³-hybridized carbons (Fsp3) is 0.467. The second-order valence-electron chi connectivity index (χ2n) is 4.70. The van der Waals surface area contributed by atoms with Crippen molar-refractivity contribution in [2.45, 2.75) is 20.0 Å². The molecule has 0 aliphatic carbocycles. The molecule has 1 aromatic carbocycles. The molecule has 1 rings (SSSR count). The largest absolute Gasteiger partial charge is 0.493 e. The third-order valence-electron chi connectivity index (χ3n) is 2.83. The van der Waals surface area contributed by atoms with Crippen molar-refractivity contribution in [2.75, 3.05) is 27.8 Å². The number of benzene rings is 1. The number of methoxy groups -OCH3 is 1. The molecular formula is C15H20BrNO5. The summed E-state index contributed by atoms with van der Waals surface area (Å²) in [5.74, 6) is 0.0313. The van der Waals surface area contributed by atoms with E-state index in [-0.39, 0.29) is 11.5 Å². The average molecular weight is 374 g/mol. The lowest BCUT2D eigenvalue weighted by atomic mass is 10.2. The van der Waals surface area contributed by atoms with Gasteiger partial charge in [0.05, 0.1) is 23.8 Å². The smallest absolute Gasteiger partial charge is 0.339 e. The summed E-state index contributed by atoms with van der Waals surface area (Å²) in [6.45, 7) is 3.84. The van der Waals surface area contributed by atoms with Crippen LogP contribution in [0, 0.1) is 0 Å². The molecule has 1 aromatic rings. The summed E-state index contributed by atoms with van der Waals surface area (Å²) in [6.07, 6.45) is -0.862. The average Bonchev–Trinajstić information content (AvgIpc) is 2.47. The topological polar surface area (TPSA) is 65.1 Å². The predicted octanol–water partition coefficient (Wildman–Crippen LogP) is 2.49. The number of likely N-dealkylation sites (N-methyl/N-ethyl adjacent to an activating group) is 1. The van der Waals surface area contributed by atoms with Crippen LogP contribution in [0.1, 0.15) is 24.2 Å². The van der Waals surface area contributed by atoms with E-state index in [1.54, 1.807) is 20.2 Å². The van der Waals surface area contributed by atoms with Crippen LogP contribution in [-0.4, -0.2) is 50.7 Å². The summed E-state index contributed by atoms with van der Waals surface area (Å²) in [5, 5.41) is 0. The maximum Gasteiger partial charge on any atom is 0.339 e. The van der Waals surface area contributed by atoms with Gasteiger partial charge in [-0.15, -0.1) is 0 Å². The van der Waals surface area contributed by atoms with Gasteiger partial charge in [0.2, 0.25) is 0 Å². The minimum absolute atomic E-state index is 0.269. The molecular weight excluding hydrogens is 354 g/mol. The third-order valence-corrected chi connectivity index (χ3v) is 3.42. The van der Waals surface area contributed by atoms with Crippen LogP contribution in [0.4, 0.5) is 0 Å². The first kappa shape index (κ1) is 18.3. The molecule has 0 aliphatic rings. The van der Waals surface area contributed by atoms with Crippen molar-refractivity contribution in [3.8, 4) is 11.5 Å². The molecule has 0 aromatic heterocycles. The highest BCUT2D eigenvalue weighted by Gasteiger charge is 2.22. The highest BCUT2D eigenvalue weighted by molar-refractivity contribution is 9.10. The number of hydrogen-bond donors (Lipinski definition) is 0. The zero-order chi connectivity index (χ0) is 16.9. The maximum absolute atomic E-state index is 12.2. The third kappa shape index (κ3) is 4.37. The van der Waals surface area contributed by atoms with Crippen LogP contribution in [0.5, 0.6) is 11.5 Å². The minimum Gasteiger partial charge on any atom is -0.493 e. The Morgan fingerprint density at radius 2 is 1.95 bits per heavy atom. The van der Waals surface area contributed by atoms with Crippen LogP contribution in [0.15, 0.2) is 16.6 Å². The molecule has 0 saturated carbocycles. The fourth-order valence-corrected chi connectivity index (χ4v) is 2.32. The van der Waals surface area contributed by atoms with Gasteiger partial charge in [-0.05, 0) is 41.9 Å². The van der Waals surface area contributed by atoms with Crippen LogP contribution < -0.4 is 9.47 Å². The number of ether oxygens (including phenoxy) is 3. The summed E-state index contributed by atoms with van der Waals surface area (Å²) in [4.78, 5) is 25.3. The number of esters is 1. The van der Waals surface area contributed by atoms with E-state index in [0.717, 1.165) is 0 Å². The van der Waals surface area contributed by atoms with Crippen molar-refractivity contribution in [1.29, 1.82) is 0 Å². The fourth-order valence-electron chi connectivity index (χ4n) is 1.76. The van der Waals surface area contributed by atoms with E-state index in [1.165, 1.54) is 25.0 Å². The van der Waals surface area contributed by atoms with Crippen molar-refractivity contribution < 1.29 is 23.8 Å². The van der Waals surface area contributed by atoms with Gasteiger partial charge in [-0.3, -0.25) is 4.79 Å². The van der Waals surface area contributed by atoms with E-state index in [1.807, 2.05) is 6.92 Å². The van der Waals surface area contributed by atoms with Gasteiger partial charge in [0.1, 0.15) is 0 Å². The number of hydrogen-bond acceptors (Lipinski definition) is 5. The number of nitrogens with zero attached hydrogens (tertiary/aromatic N) is 1. The van der Waals surface area contributed by atoms with Crippen LogP contribution in [0.3, 0.4) is 0 Å². The molecule has 122 valence electrons. The van der Waals surface area contributed by atoms with Crippen LogP contribution >= 0.6 is 15.9 Å². The zero-order valence-corrected chi connectivity index (χ0v) is 14.9. The Labute approximate surface area is 138 Å². The molecule has 1 atom stereocenters. The Hall–Kier alpha value is -1.76. The molecule has 0 fully saturated rings. The van der Waals surface area contributed by atoms with E-state index in [9.17, 15) is 9.59 Å². The molecule has 0 aliphatic heterocycles. The van der Waals surface area contributed by atoms with Crippen molar-refractivity contribution in [3.63, 3.8) is 0 Å². The van der Waals surface area contributed by atoms with Gasteiger partial charge < -0.3 is 19.1 Å². The molecule has 6 nitrogen and oxygen atoms in total. The summed E-state index contributed by atoms with van der Waals surface area (Å²) >= 11 is 3.34. The molecule has 7 heteroatoms. The molecule has 0 N–H and O–H groups in total. The predicted molar refractivity (Wildman–Crippen MR) is 85.4 cm³/mol. The Bertz CT molecular complexity index is 559. The summed E-state index contributed by atoms with van der Waals surface area (Å²) in [5.41, 5.74) is 0.269. The normalized spacial score (nSPS) is 11.5. The second kappa shape index (κ2) is 8.03. The Kier molecular flexibility index (Phi) is 6.67. The quantitative estimate of drug-likeness (QED) is 0.716. The molecule has 0 heterocycles. The summed E-state index contributed by atoms with van der Waals surface area (Å²) in [6, 6.07) is 3.09. The first-order chi connectivity index (χ1) is 10.3. The van der Waals surface area contributed by atoms with Gasteiger partial charge in [0.25, 0.3) is 5.91 Å². The number of halogens is 1. The number of carbonyl (C=O) groups is 2. The van der Waals surface area contributed by atoms with Gasteiger partial charge in [0, 0.05) is 14.1 Å². The lowest BCUT2D eigenvalue weighted by molar-refractivity contribution is -0.137. The highest BCUT2D eigenvalue weighted by Crippen LogP contribution is 2.36. The van der Waals surface area contributed by atoms with Gasteiger partial charge in [-0.2, -0.15) is 0 Å². The Balaban J connectivity index is 2.99. The van der Waals surface area contributed by atoms with Gasteiger partial charge in [0.15, 0.2) is 17.6 Å². The Morgan fingerprint density at radius 3 is 2.45 bits per heavy atom. The monoisotopic (exact) mass is 373 g/mol. The molecule has 22 heavy (non-hydrogen) atoms. The summed E-state index contributed by atoms with van der Waals surface area (Å²) in [7, 11) is 4.68. The lowest BCUT2D eigenvalue weighted by Gasteiger charge is -2.18. The number of carbonyl (C=O) groups excluding carboxylic acids is 2. The van der Waals surface area contributed by atoms with Gasteiger partial charge >= 0.3 is 5.97 Å².